The number of aryl methyl sites for hydroxylation is 2. The minimum atomic E-state index is -0.0414. The van der Waals surface area contributed by atoms with Gasteiger partial charge in [0, 0.05) is 17.1 Å². The predicted octanol–water partition coefficient (Wildman–Crippen LogP) is 2.86. The third-order valence-electron chi connectivity index (χ3n) is 2.44. The Balaban J connectivity index is 2.13. The van der Waals surface area contributed by atoms with E-state index < -0.39 is 0 Å². The molecule has 0 radical (unpaired) electrons. The Hall–Kier alpha value is -1.33. The minimum Gasteiger partial charge on any atom is -0.436 e. The van der Waals surface area contributed by atoms with Crippen LogP contribution in [0.3, 0.4) is 0 Å². The van der Waals surface area contributed by atoms with Gasteiger partial charge in [-0.05, 0) is 44.7 Å². The smallest absolute Gasteiger partial charge is 0.261 e. The molecule has 0 fully saturated rings. The van der Waals surface area contributed by atoms with Crippen LogP contribution in [-0.2, 0) is 0 Å². The third kappa shape index (κ3) is 2.87. The fraction of sp³-hybridized carbons (Fsp3) is 0.333. The van der Waals surface area contributed by atoms with Crippen molar-refractivity contribution in [1.29, 1.82) is 0 Å². The Labute approximate surface area is 105 Å². The van der Waals surface area contributed by atoms with Gasteiger partial charge < -0.3 is 10.2 Å². The van der Waals surface area contributed by atoms with Crippen LogP contribution in [0.4, 0.5) is 0 Å². The first-order valence-corrected chi connectivity index (χ1v) is 6.21. The SMILES string of the molecule is Cc1nc(Sc2ccc([C@H](C)N)nc2)oc1C. The van der Waals surface area contributed by atoms with E-state index in [1.807, 2.05) is 32.9 Å². The van der Waals surface area contributed by atoms with E-state index in [0.29, 0.717) is 5.22 Å². The zero-order valence-electron chi connectivity index (χ0n) is 10.1. The molecule has 0 aromatic carbocycles. The largest absolute Gasteiger partial charge is 0.436 e. The second kappa shape index (κ2) is 4.89. The van der Waals surface area contributed by atoms with Gasteiger partial charge in [0.05, 0.1) is 11.4 Å². The van der Waals surface area contributed by atoms with Gasteiger partial charge in [-0.25, -0.2) is 4.98 Å². The number of hydrogen-bond donors (Lipinski definition) is 1. The van der Waals surface area contributed by atoms with E-state index in [1.54, 1.807) is 6.20 Å². The van der Waals surface area contributed by atoms with Crippen molar-refractivity contribution < 1.29 is 4.42 Å². The number of hydrogen-bond acceptors (Lipinski definition) is 5. The van der Waals surface area contributed by atoms with Crippen molar-refractivity contribution in [3.63, 3.8) is 0 Å². The van der Waals surface area contributed by atoms with Crippen molar-refractivity contribution in [3.8, 4) is 0 Å². The molecule has 0 aliphatic heterocycles. The highest BCUT2D eigenvalue weighted by Gasteiger charge is 2.08. The van der Waals surface area contributed by atoms with Gasteiger partial charge >= 0.3 is 0 Å². The molecule has 0 spiro atoms. The van der Waals surface area contributed by atoms with Gasteiger partial charge in [0.25, 0.3) is 5.22 Å². The molecule has 0 amide bonds. The molecule has 2 N–H and O–H groups in total. The third-order valence-corrected chi connectivity index (χ3v) is 3.27. The van der Waals surface area contributed by atoms with Crippen LogP contribution in [0.2, 0.25) is 0 Å². The summed E-state index contributed by atoms with van der Waals surface area (Å²) in [6, 6.07) is 3.86. The Morgan fingerprint density at radius 3 is 2.59 bits per heavy atom. The topological polar surface area (TPSA) is 64.9 Å². The van der Waals surface area contributed by atoms with Crippen molar-refractivity contribution >= 4 is 11.8 Å². The van der Waals surface area contributed by atoms with Gasteiger partial charge in [-0.15, -0.1) is 0 Å². The van der Waals surface area contributed by atoms with E-state index in [4.69, 9.17) is 10.2 Å². The fourth-order valence-corrected chi connectivity index (χ4v) is 2.10. The number of rotatable bonds is 3. The maximum atomic E-state index is 5.74. The first-order chi connectivity index (χ1) is 8.06. The van der Waals surface area contributed by atoms with Crippen molar-refractivity contribution in [2.45, 2.75) is 36.9 Å². The zero-order chi connectivity index (χ0) is 12.4. The summed E-state index contributed by atoms with van der Waals surface area (Å²) in [6.07, 6.45) is 1.79. The monoisotopic (exact) mass is 249 g/mol. The number of nitrogens with two attached hydrogens (primary N) is 1. The molecule has 5 heteroatoms. The van der Waals surface area contributed by atoms with E-state index in [2.05, 4.69) is 9.97 Å². The molecule has 0 aliphatic rings. The molecule has 0 aliphatic carbocycles. The Bertz CT molecular complexity index is 485. The van der Waals surface area contributed by atoms with Gasteiger partial charge in [0.15, 0.2) is 0 Å². The van der Waals surface area contributed by atoms with Crippen LogP contribution in [0.25, 0.3) is 0 Å². The van der Waals surface area contributed by atoms with Crippen molar-refractivity contribution in [2.75, 3.05) is 0 Å². The fourth-order valence-electron chi connectivity index (χ4n) is 1.31. The molecule has 2 rings (SSSR count). The summed E-state index contributed by atoms with van der Waals surface area (Å²) in [4.78, 5) is 9.59. The Morgan fingerprint density at radius 1 is 1.35 bits per heavy atom. The summed E-state index contributed by atoms with van der Waals surface area (Å²) in [5.74, 6) is 0.854. The molecule has 90 valence electrons. The summed E-state index contributed by atoms with van der Waals surface area (Å²) < 4.78 is 5.50. The van der Waals surface area contributed by atoms with E-state index >= 15 is 0 Å². The molecule has 2 heterocycles. The van der Waals surface area contributed by atoms with Crippen molar-refractivity contribution in [1.82, 2.24) is 9.97 Å². The predicted molar refractivity (Wildman–Crippen MR) is 66.9 cm³/mol. The average molecular weight is 249 g/mol. The number of nitrogens with zero attached hydrogens (tertiary/aromatic N) is 2. The van der Waals surface area contributed by atoms with E-state index in [0.717, 1.165) is 22.0 Å². The van der Waals surface area contributed by atoms with Crippen LogP contribution in [0.5, 0.6) is 0 Å². The van der Waals surface area contributed by atoms with E-state index in [9.17, 15) is 0 Å². The molecule has 2 aromatic heterocycles. The van der Waals surface area contributed by atoms with E-state index in [-0.39, 0.29) is 6.04 Å². The van der Waals surface area contributed by atoms with Gasteiger partial charge in [0.2, 0.25) is 0 Å². The maximum Gasteiger partial charge on any atom is 0.261 e. The molecule has 17 heavy (non-hydrogen) atoms. The first-order valence-electron chi connectivity index (χ1n) is 5.39. The number of oxazole rings is 1. The standard InChI is InChI=1S/C12H15N3OS/c1-7(13)11-5-4-10(6-14-11)17-12-15-8(2)9(3)16-12/h4-7H,13H2,1-3H3/t7-/m0/s1. The molecular formula is C12H15N3OS. The second-order valence-electron chi connectivity index (χ2n) is 3.93. The van der Waals surface area contributed by atoms with Crippen LogP contribution in [0, 0.1) is 13.8 Å². The summed E-state index contributed by atoms with van der Waals surface area (Å²) in [5, 5.41) is 0.648. The summed E-state index contributed by atoms with van der Waals surface area (Å²) in [7, 11) is 0. The van der Waals surface area contributed by atoms with Gasteiger partial charge in [-0.1, -0.05) is 0 Å². The normalized spacial score (nSPS) is 12.7. The molecule has 2 aromatic rings. The van der Waals surface area contributed by atoms with Crippen LogP contribution in [0.1, 0.15) is 30.1 Å². The van der Waals surface area contributed by atoms with Gasteiger partial charge in [0.1, 0.15) is 5.76 Å². The molecule has 4 nitrogen and oxygen atoms in total. The van der Waals surface area contributed by atoms with Crippen LogP contribution < -0.4 is 5.73 Å². The maximum absolute atomic E-state index is 5.74. The van der Waals surface area contributed by atoms with Crippen LogP contribution in [-0.4, -0.2) is 9.97 Å². The van der Waals surface area contributed by atoms with E-state index in [1.165, 1.54) is 11.8 Å². The second-order valence-corrected chi connectivity index (χ2v) is 4.96. The Kier molecular flexibility index (Phi) is 3.49. The summed E-state index contributed by atoms with van der Waals surface area (Å²) in [5.41, 5.74) is 7.55. The highest BCUT2D eigenvalue weighted by molar-refractivity contribution is 7.99. The number of pyridine rings is 1. The van der Waals surface area contributed by atoms with Crippen LogP contribution in [0.15, 0.2) is 32.9 Å². The summed E-state index contributed by atoms with van der Waals surface area (Å²) >= 11 is 1.46. The van der Waals surface area contributed by atoms with Gasteiger partial charge in [-0.3, -0.25) is 4.98 Å². The lowest BCUT2D eigenvalue weighted by Crippen LogP contribution is -2.06. The average Bonchev–Trinajstić information content (AvgIpc) is 2.58. The van der Waals surface area contributed by atoms with Crippen molar-refractivity contribution in [3.05, 3.63) is 35.5 Å². The van der Waals surface area contributed by atoms with Crippen LogP contribution >= 0.6 is 11.8 Å². The number of aromatic nitrogens is 2. The van der Waals surface area contributed by atoms with Gasteiger partial charge in [-0.2, -0.15) is 0 Å². The molecule has 1 atom stereocenters. The lowest BCUT2D eigenvalue weighted by Gasteiger charge is -2.04. The highest BCUT2D eigenvalue weighted by Crippen LogP contribution is 2.28. The van der Waals surface area contributed by atoms with Crippen molar-refractivity contribution in [2.24, 2.45) is 5.73 Å². The molecule has 0 saturated carbocycles. The molecule has 0 unspecified atom stereocenters. The zero-order valence-corrected chi connectivity index (χ0v) is 10.9. The first kappa shape index (κ1) is 12.1. The molecule has 0 bridgehead atoms. The lowest BCUT2D eigenvalue weighted by atomic mass is 10.2. The lowest BCUT2D eigenvalue weighted by molar-refractivity contribution is 0.431. The summed E-state index contributed by atoms with van der Waals surface area (Å²) in [6.45, 7) is 5.75. The minimum absolute atomic E-state index is 0.0414. The highest BCUT2D eigenvalue weighted by atomic mass is 32.2. The molecular weight excluding hydrogens is 234 g/mol. The quantitative estimate of drug-likeness (QED) is 0.906. The molecule has 0 saturated heterocycles. The Morgan fingerprint density at radius 2 is 2.12 bits per heavy atom.